The highest BCUT2D eigenvalue weighted by molar-refractivity contribution is 5.77. The van der Waals surface area contributed by atoms with Crippen molar-refractivity contribution < 1.29 is 15.0 Å². The Morgan fingerprint density at radius 2 is 1.71 bits per heavy atom. The highest BCUT2D eigenvalue weighted by Crippen LogP contribution is 2.16. The summed E-state index contributed by atoms with van der Waals surface area (Å²) in [6.45, 7) is 3.94. The molecule has 17 heavy (non-hydrogen) atoms. The summed E-state index contributed by atoms with van der Waals surface area (Å²) in [5, 5.41) is 18.0. The maximum atomic E-state index is 11.1. The third-order valence-electron chi connectivity index (χ3n) is 3.10. The largest absolute Gasteiger partial charge is 0.480 e. The molecule has 0 atom stereocenters. The van der Waals surface area contributed by atoms with Gasteiger partial charge in [0.15, 0.2) is 0 Å². The molecular weight excluding hydrogens is 218 g/mol. The number of carbonyl (C=O) groups is 1. The van der Waals surface area contributed by atoms with Gasteiger partial charge in [-0.1, -0.05) is 24.3 Å². The SMILES string of the molecule is CN(Cc1ccc(CO)cc1)C(C)(C)C(=O)O. The number of rotatable bonds is 5. The van der Waals surface area contributed by atoms with Gasteiger partial charge in [0, 0.05) is 6.54 Å². The van der Waals surface area contributed by atoms with E-state index in [9.17, 15) is 4.79 Å². The average Bonchev–Trinajstić information content (AvgIpc) is 2.29. The first-order chi connectivity index (χ1) is 7.87. The second-order valence-corrected chi connectivity index (χ2v) is 4.69. The molecular formula is C13H19NO3. The normalized spacial score (nSPS) is 11.8. The number of carboxylic acid groups (broad SMARTS) is 1. The minimum atomic E-state index is -0.893. The molecule has 0 saturated heterocycles. The van der Waals surface area contributed by atoms with Crippen LogP contribution in [0, 0.1) is 0 Å². The predicted molar refractivity (Wildman–Crippen MR) is 65.5 cm³/mol. The molecule has 0 aliphatic rings. The Kier molecular flexibility index (Phi) is 4.26. The molecule has 1 aromatic rings. The highest BCUT2D eigenvalue weighted by atomic mass is 16.4. The van der Waals surface area contributed by atoms with Gasteiger partial charge in [-0.05, 0) is 32.0 Å². The maximum absolute atomic E-state index is 11.1. The number of aliphatic hydroxyl groups excluding tert-OH is 1. The van der Waals surface area contributed by atoms with Crippen LogP contribution < -0.4 is 0 Å². The molecule has 0 fully saturated rings. The van der Waals surface area contributed by atoms with Gasteiger partial charge >= 0.3 is 5.97 Å². The van der Waals surface area contributed by atoms with E-state index in [0.717, 1.165) is 11.1 Å². The van der Waals surface area contributed by atoms with Crippen molar-refractivity contribution in [3.63, 3.8) is 0 Å². The lowest BCUT2D eigenvalue weighted by Crippen LogP contribution is -2.47. The topological polar surface area (TPSA) is 60.8 Å². The van der Waals surface area contributed by atoms with Crippen molar-refractivity contribution in [3.8, 4) is 0 Å². The second kappa shape index (κ2) is 5.29. The molecule has 1 rings (SSSR count). The van der Waals surface area contributed by atoms with E-state index in [1.54, 1.807) is 25.8 Å². The van der Waals surface area contributed by atoms with Crippen LogP contribution in [-0.4, -0.2) is 33.7 Å². The summed E-state index contributed by atoms with van der Waals surface area (Å²) in [6.07, 6.45) is 0. The smallest absolute Gasteiger partial charge is 0.323 e. The number of hydrogen-bond acceptors (Lipinski definition) is 3. The molecule has 2 N–H and O–H groups in total. The number of hydrogen-bond donors (Lipinski definition) is 2. The first-order valence-corrected chi connectivity index (χ1v) is 5.51. The Morgan fingerprint density at radius 3 is 2.12 bits per heavy atom. The van der Waals surface area contributed by atoms with Crippen LogP contribution in [0.5, 0.6) is 0 Å². The van der Waals surface area contributed by atoms with Crippen molar-refractivity contribution in [2.45, 2.75) is 32.5 Å². The quantitative estimate of drug-likeness (QED) is 0.814. The zero-order valence-electron chi connectivity index (χ0n) is 10.5. The Labute approximate surface area is 101 Å². The molecule has 0 heterocycles. The van der Waals surface area contributed by atoms with E-state index in [1.807, 2.05) is 24.3 Å². The predicted octanol–water partition coefficient (Wildman–Crippen LogP) is 1.47. The second-order valence-electron chi connectivity index (χ2n) is 4.69. The molecule has 0 bridgehead atoms. The van der Waals surface area contributed by atoms with Crippen LogP contribution in [0.15, 0.2) is 24.3 Å². The van der Waals surface area contributed by atoms with E-state index >= 15 is 0 Å². The van der Waals surface area contributed by atoms with E-state index in [4.69, 9.17) is 10.2 Å². The van der Waals surface area contributed by atoms with Crippen LogP contribution in [0.4, 0.5) is 0 Å². The number of nitrogens with zero attached hydrogens (tertiary/aromatic N) is 1. The summed E-state index contributed by atoms with van der Waals surface area (Å²) >= 11 is 0. The summed E-state index contributed by atoms with van der Waals surface area (Å²) in [5.74, 6) is -0.841. The van der Waals surface area contributed by atoms with Crippen LogP contribution in [0.1, 0.15) is 25.0 Å². The van der Waals surface area contributed by atoms with E-state index in [-0.39, 0.29) is 6.61 Å². The maximum Gasteiger partial charge on any atom is 0.323 e. The molecule has 94 valence electrons. The summed E-state index contributed by atoms with van der Waals surface area (Å²) in [5.41, 5.74) is 0.989. The lowest BCUT2D eigenvalue weighted by molar-refractivity contribution is -0.148. The Bertz CT molecular complexity index is 384. The number of aliphatic hydroxyl groups is 1. The van der Waals surface area contributed by atoms with Crippen molar-refractivity contribution in [2.24, 2.45) is 0 Å². The summed E-state index contributed by atoms with van der Waals surface area (Å²) in [7, 11) is 1.79. The first-order valence-electron chi connectivity index (χ1n) is 5.51. The number of carboxylic acids is 1. The summed E-state index contributed by atoms with van der Waals surface area (Å²) in [6, 6.07) is 7.49. The van der Waals surface area contributed by atoms with E-state index < -0.39 is 11.5 Å². The molecule has 0 unspecified atom stereocenters. The minimum absolute atomic E-state index is 0.0245. The Morgan fingerprint density at radius 1 is 1.24 bits per heavy atom. The summed E-state index contributed by atoms with van der Waals surface area (Å²) < 4.78 is 0. The molecule has 0 spiro atoms. The minimum Gasteiger partial charge on any atom is -0.480 e. The van der Waals surface area contributed by atoms with Gasteiger partial charge in [-0.2, -0.15) is 0 Å². The summed E-state index contributed by atoms with van der Waals surface area (Å²) in [4.78, 5) is 12.9. The molecule has 0 aliphatic carbocycles. The van der Waals surface area contributed by atoms with Crippen molar-refractivity contribution in [1.82, 2.24) is 4.90 Å². The zero-order valence-corrected chi connectivity index (χ0v) is 10.5. The zero-order chi connectivity index (χ0) is 13.1. The fourth-order valence-electron chi connectivity index (χ4n) is 1.38. The van der Waals surface area contributed by atoms with Gasteiger partial charge in [0.05, 0.1) is 6.61 Å². The van der Waals surface area contributed by atoms with Crippen molar-refractivity contribution in [1.29, 1.82) is 0 Å². The average molecular weight is 237 g/mol. The molecule has 0 aromatic heterocycles. The highest BCUT2D eigenvalue weighted by Gasteiger charge is 2.31. The van der Waals surface area contributed by atoms with Gasteiger partial charge < -0.3 is 10.2 Å². The molecule has 4 heteroatoms. The fourth-order valence-corrected chi connectivity index (χ4v) is 1.38. The third-order valence-corrected chi connectivity index (χ3v) is 3.10. The number of aliphatic carboxylic acids is 1. The van der Waals surface area contributed by atoms with Gasteiger partial charge in [0.1, 0.15) is 5.54 Å². The van der Waals surface area contributed by atoms with E-state index in [2.05, 4.69) is 0 Å². The molecule has 0 saturated carbocycles. The van der Waals surface area contributed by atoms with Gasteiger partial charge in [-0.25, -0.2) is 0 Å². The van der Waals surface area contributed by atoms with Gasteiger partial charge in [0.2, 0.25) is 0 Å². The Hall–Kier alpha value is -1.39. The fraction of sp³-hybridized carbons (Fsp3) is 0.462. The van der Waals surface area contributed by atoms with Crippen molar-refractivity contribution in [3.05, 3.63) is 35.4 Å². The first kappa shape index (κ1) is 13.7. The molecule has 4 nitrogen and oxygen atoms in total. The molecule has 0 amide bonds. The standard InChI is InChI=1S/C13H19NO3/c1-13(2,12(16)17)14(3)8-10-4-6-11(9-15)7-5-10/h4-7,15H,8-9H2,1-3H3,(H,16,17). The molecule has 1 aromatic carbocycles. The third kappa shape index (κ3) is 3.28. The number of benzene rings is 1. The van der Waals surface area contributed by atoms with E-state index in [0.29, 0.717) is 6.54 Å². The van der Waals surface area contributed by atoms with Gasteiger partial charge in [-0.3, -0.25) is 9.69 Å². The lowest BCUT2D eigenvalue weighted by atomic mass is 10.0. The number of likely N-dealkylation sites (N-methyl/N-ethyl adjacent to an activating group) is 1. The molecule has 0 radical (unpaired) electrons. The van der Waals surface area contributed by atoms with Gasteiger partial charge in [-0.15, -0.1) is 0 Å². The Balaban J connectivity index is 2.74. The monoisotopic (exact) mass is 237 g/mol. The van der Waals surface area contributed by atoms with Crippen LogP contribution in [0.2, 0.25) is 0 Å². The van der Waals surface area contributed by atoms with Crippen molar-refractivity contribution >= 4 is 5.97 Å². The van der Waals surface area contributed by atoms with Crippen LogP contribution in [0.25, 0.3) is 0 Å². The molecule has 0 aliphatic heterocycles. The van der Waals surface area contributed by atoms with Crippen molar-refractivity contribution in [2.75, 3.05) is 7.05 Å². The van der Waals surface area contributed by atoms with Gasteiger partial charge in [0.25, 0.3) is 0 Å². The van der Waals surface area contributed by atoms with Crippen LogP contribution >= 0.6 is 0 Å². The van der Waals surface area contributed by atoms with Crippen LogP contribution in [0.3, 0.4) is 0 Å². The lowest BCUT2D eigenvalue weighted by Gasteiger charge is -2.31. The van der Waals surface area contributed by atoms with E-state index in [1.165, 1.54) is 0 Å². The van der Waals surface area contributed by atoms with Crippen LogP contribution in [-0.2, 0) is 17.9 Å².